The summed E-state index contributed by atoms with van der Waals surface area (Å²) in [5.74, 6) is 1.38. The van der Waals surface area contributed by atoms with Crippen molar-refractivity contribution in [3.05, 3.63) is 77.3 Å². The summed E-state index contributed by atoms with van der Waals surface area (Å²) in [5.41, 5.74) is 1.22. The number of sulfonamides is 1. The molecule has 0 radical (unpaired) electrons. The average Bonchev–Trinajstić information content (AvgIpc) is 2.79. The molecule has 0 aliphatic rings. The lowest BCUT2D eigenvalue weighted by atomic mass is 10.1. The van der Waals surface area contributed by atoms with E-state index >= 15 is 0 Å². The molecule has 1 atom stereocenters. The number of anilines is 1. The average molecular weight is 462 g/mol. The molecule has 0 saturated heterocycles. The quantitative estimate of drug-likeness (QED) is 0.454. The van der Waals surface area contributed by atoms with Crippen LogP contribution in [0, 0.1) is 0 Å². The van der Waals surface area contributed by atoms with Crippen LogP contribution in [-0.2, 0) is 10.0 Å². The summed E-state index contributed by atoms with van der Waals surface area (Å²) in [6, 6.07) is 17.9. The second-order valence-corrected chi connectivity index (χ2v) is 9.00. The van der Waals surface area contributed by atoms with Gasteiger partial charge in [0.2, 0.25) is 0 Å². The van der Waals surface area contributed by atoms with Gasteiger partial charge in [-0.05, 0) is 48.9 Å². The number of nitrogens with zero attached hydrogens (tertiary/aromatic N) is 1. The molecule has 8 heteroatoms. The maximum atomic E-state index is 13.8. The topological polar surface area (TPSA) is 65.1 Å². The van der Waals surface area contributed by atoms with Gasteiger partial charge in [0.05, 0.1) is 38.0 Å². The molecule has 3 aromatic carbocycles. The molecule has 0 aliphatic heterocycles. The van der Waals surface area contributed by atoms with E-state index in [2.05, 4.69) is 0 Å². The highest BCUT2D eigenvalue weighted by molar-refractivity contribution is 7.92. The predicted octanol–water partition coefficient (Wildman–Crippen LogP) is 5.32. The molecule has 0 saturated carbocycles. The van der Waals surface area contributed by atoms with E-state index in [0.29, 0.717) is 28.0 Å². The zero-order valence-corrected chi connectivity index (χ0v) is 19.3. The van der Waals surface area contributed by atoms with Crippen LogP contribution in [0.1, 0.15) is 18.5 Å². The number of methoxy groups -OCH3 is 3. The highest BCUT2D eigenvalue weighted by Gasteiger charge is 2.31. The van der Waals surface area contributed by atoms with Crippen LogP contribution < -0.4 is 18.5 Å². The molecule has 0 heterocycles. The van der Waals surface area contributed by atoms with E-state index in [1.807, 2.05) is 19.1 Å². The molecule has 164 valence electrons. The van der Waals surface area contributed by atoms with Gasteiger partial charge in [-0.25, -0.2) is 8.42 Å². The van der Waals surface area contributed by atoms with Gasteiger partial charge in [-0.1, -0.05) is 29.8 Å². The van der Waals surface area contributed by atoms with Crippen LogP contribution in [0.15, 0.2) is 71.6 Å². The van der Waals surface area contributed by atoms with Crippen molar-refractivity contribution in [1.82, 2.24) is 0 Å². The largest absolute Gasteiger partial charge is 0.497 e. The summed E-state index contributed by atoms with van der Waals surface area (Å²) in [4.78, 5) is 0.113. The third-order valence-corrected chi connectivity index (χ3v) is 7.07. The molecule has 0 amide bonds. The number of ether oxygens (including phenoxy) is 3. The molecule has 0 fully saturated rings. The minimum Gasteiger partial charge on any atom is -0.497 e. The number of hydrogen-bond donors (Lipinski definition) is 0. The first-order chi connectivity index (χ1) is 14.8. The summed E-state index contributed by atoms with van der Waals surface area (Å²) in [6.07, 6.45) is 0. The van der Waals surface area contributed by atoms with Crippen molar-refractivity contribution in [2.24, 2.45) is 0 Å². The van der Waals surface area contributed by atoms with Crippen molar-refractivity contribution in [3.8, 4) is 17.2 Å². The molecule has 0 aliphatic carbocycles. The number of hydrogen-bond acceptors (Lipinski definition) is 5. The Balaban J connectivity index is 2.19. The van der Waals surface area contributed by atoms with Gasteiger partial charge >= 0.3 is 0 Å². The molecule has 0 unspecified atom stereocenters. The van der Waals surface area contributed by atoms with Crippen molar-refractivity contribution in [2.75, 3.05) is 25.6 Å². The highest BCUT2D eigenvalue weighted by atomic mass is 35.5. The lowest BCUT2D eigenvalue weighted by Crippen LogP contribution is -2.33. The van der Waals surface area contributed by atoms with E-state index in [1.165, 1.54) is 31.7 Å². The standard InChI is InChI=1S/C23H24ClNO5S/c1-16(17-8-10-18(24)11-9-17)25(19-12-13-22(29-3)23(14-19)30-4)31(26,27)21-7-5-6-20(15-21)28-2/h5-16H,1-4H3/t16-/m1/s1. The van der Waals surface area contributed by atoms with E-state index in [0.717, 1.165) is 5.56 Å². The lowest BCUT2D eigenvalue weighted by Gasteiger charge is -2.31. The molecule has 6 nitrogen and oxygen atoms in total. The minimum atomic E-state index is -3.96. The molecule has 31 heavy (non-hydrogen) atoms. The van der Waals surface area contributed by atoms with Gasteiger partial charge in [0, 0.05) is 17.2 Å². The van der Waals surface area contributed by atoms with Crippen LogP contribution in [0.4, 0.5) is 5.69 Å². The van der Waals surface area contributed by atoms with Crippen LogP contribution in [0.2, 0.25) is 5.02 Å². The minimum absolute atomic E-state index is 0.113. The second-order valence-electron chi connectivity index (χ2n) is 6.75. The Kier molecular flexibility index (Phi) is 6.97. The summed E-state index contributed by atoms with van der Waals surface area (Å²) in [5, 5.41) is 0.573. The van der Waals surface area contributed by atoms with Crippen molar-refractivity contribution in [1.29, 1.82) is 0 Å². The second kappa shape index (κ2) is 9.49. The van der Waals surface area contributed by atoms with Gasteiger partial charge in [-0.15, -0.1) is 0 Å². The van der Waals surface area contributed by atoms with Crippen molar-refractivity contribution in [2.45, 2.75) is 17.9 Å². The lowest BCUT2D eigenvalue weighted by molar-refractivity contribution is 0.355. The van der Waals surface area contributed by atoms with Gasteiger partial charge < -0.3 is 14.2 Å². The van der Waals surface area contributed by atoms with E-state index < -0.39 is 16.1 Å². The number of halogens is 1. The Hall–Kier alpha value is -2.90. The van der Waals surface area contributed by atoms with Crippen LogP contribution in [-0.4, -0.2) is 29.7 Å². The Morgan fingerprint density at radius 3 is 2.13 bits per heavy atom. The van der Waals surface area contributed by atoms with Gasteiger partial charge in [-0.2, -0.15) is 0 Å². The maximum Gasteiger partial charge on any atom is 0.265 e. The van der Waals surface area contributed by atoms with Crippen molar-refractivity contribution < 1.29 is 22.6 Å². The number of benzene rings is 3. The fraction of sp³-hybridized carbons (Fsp3) is 0.217. The Bertz CT molecular complexity index is 1150. The highest BCUT2D eigenvalue weighted by Crippen LogP contribution is 2.38. The molecule has 0 aromatic heterocycles. The Morgan fingerprint density at radius 2 is 1.52 bits per heavy atom. The van der Waals surface area contributed by atoms with Crippen LogP contribution >= 0.6 is 11.6 Å². The first-order valence-electron chi connectivity index (χ1n) is 9.47. The normalized spacial score (nSPS) is 12.2. The summed E-state index contributed by atoms with van der Waals surface area (Å²) < 4.78 is 44.9. The first-order valence-corrected chi connectivity index (χ1v) is 11.3. The maximum absolute atomic E-state index is 13.8. The SMILES string of the molecule is COc1cccc(S(=O)(=O)N(c2ccc(OC)c(OC)c2)[C@H](C)c2ccc(Cl)cc2)c1. The van der Waals surface area contributed by atoms with E-state index in [-0.39, 0.29) is 4.90 Å². The van der Waals surface area contributed by atoms with E-state index in [1.54, 1.807) is 48.5 Å². The first kappa shape index (κ1) is 22.8. The smallest absolute Gasteiger partial charge is 0.265 e. The monoisotopic (exact) mass is 461 g/mol. The molecule has 3 rings (SSSR count). The van der Waals surface area contributed by atoms with Gasteiger partial charge in [0.25, 0.3) is 10.0 Å². The molecule has 0 bridgehead atoms. The van der Waals surface area contributed by atoms with Crippen LogP contribution in [0.5, 0.6) is 17.2 Å². The third kappa shape index (κ3) is 4.73. The van der Waals surface area contributed by atoms with Crippen molar-refractivity contribution in [3.63, 3.8) is 0 Å². The number of rotatable bonds is 8. The Labute approximate surface area is 188 Å². The molecular formula is C23H24ClNO5S. The van der Waals surface area contributed by atoms with Crippen LogP contribution in [0.3, 0.4) is 0 Å². The fourth-order valence-electron chi connectivity index (χ4n) is 3.28. The summed E-state index contributed by atoms with van der Waals surface area (Å²) in [6.45, 7) is 1.82. The van der Waals surface area contributed by atoms with Crippen molar-refractivity contribution >= 4 is 27.3 Å². The third-order valence-electron chi connectivity index (χ3n) is 4.92. The summed E-state index contributed by atoms with van der Waals surface area (Å²) >= 11 is 6.03. The molecular weight excluding hydrogens is 438 g/mol. The van der Waals surface area contributed by atoms with E-state index in [9.17, 15) is 8.42 Å². The van der Waals surface area contributed by atoms with Gasteiger partial charge in [0.15, 0.2) is 11.5 Å². The molecule has 0 spiro atoms. The predicted molar refractivity (Wildman–Crippen MR) is 122 cm³/mol. The fourth-order valence-corrected chi connectivity index (χ4v) is 5.08. The zero-order chi connectivity index (χ0) is 22.6. The molecule has 0 N–H and O–H groups in total. The van der Waals surface area contributed by atoms with Crippen LogP contribution in [0.25, 0.3) is 0 Å². The van der Waals surface area contributed by atoms with Gasteiger partial charge in [-0.3, -0.25) is 4.31 Å². The Morgan fingerprint density at radius 1 is 0.839 bits per heavy atom. The summed E-state index contributed by atoms with van der Waals surface area (Å²) in [7, 11) is 0.561. The van der Waals surface area contributed by atoms with Gasteiger partial charge in [0.1, 0.15) is 5.75 Å². The van der Waals surface area contributed by atoms with E-state index in [4.69, 9.17) is 25.8 Å². The zero-order valence-electron chi connectivity index (χ0n) is 17.7. The molecule has 3 aromatic rings.